The summed E-state index contributed by atoms with van der Waals surface area (Å²) in [6, 6.07) is 15.1. The molecule has 0 spiro atoms. The zero-order valence-electron chi connectivity index (χ0n) is 14.6. The van der Waals surface area contributed by atoms with Crippen LogP contribution in [0.5, 0.6) is 0 Å². The van der Waals surface area contributed by atoms with E-state index in [2.05, 4.69) is 10.0 Å². The molecular formula is C20H24N2O3S. The molecule has 1 atom stereocenters. The van der Waals surface area contributed by atoms with Crippen LogP contribution in [0.3, 0.4) is 0 Å². The van der Waals surface area contributed by atoms with Gasteiger partial charge in [-0.1, -0.05) is 42.5 Å². The third-order valence-electron chi connectivity index (χ3n) is 4.70. The SMILES string of the molecule is O=C(c1ccccc1)c1ccccc1S(=O)(=O)NCCC1CCCNC1. The number of benzene rings is 2. The van der Waals surface area contributed by atoms with Crippen molar-refractivity contribution in [2.45, 2.75) is 24.2 Å². The van der Waals surface area contributed by atoms with Gasteiger partial charge in [-0.15, -0.1) is 0 Å². The van der Waals surface area contributed by atoms with E-state index in [1.165, 1.54) is 6.07 Å². The van der Waals surface area contributed by atoms with Crippen molar-refractivity contribution < 1.29 is 13.2 Å². The van der Waals surface area contributed by atoms with Gasteiger partial charge < -0.3 is 5.32 Å². The highest BCUT2D eigenvalue weighted by atomic mass is 32.2. The van der Waals surface area contributed by atoms with E-state index in [1.54, 1.807) is 42.5 Å². The number of hydrogen-bond acceptors (Lipinski definition) is 4. The third-order valence-corrected chi connectivity index (χ3v) is 6.22. The van der Waals surface area contributed by atoms with Gasteiger partial charge in [-0.3, -0.25) is 4.79 Å². The lowest BCUT2D eigenvalue weighted by Crippen LogP contribution is -2.33. The van der Waals surface area contributed by atoms with Crippen molar-refractivity contribution in [2.24, 2.45) is 5.92 Å². The van der Waals surface area contributed by atoms with Crippen LogP contribution in [0.1, 0.15) is 35.2 Å². The Morgan fingerprint density at radius 2 is 1.81 bits per heavy atom. The minimum absolute atomic E-state index is 0.0376. The standard InChI is InChI=1S/C20H24N2O3S/c23-20(17-8-2-1-3-9-17)18-10-4-5-11-19(18)26(24,25)22-14-12-16-7-6-13-21-15-16/h1-5,8-11,16,21-22H,6-7,12-15H2. The van der Waals surface area contributed by atoms with Gasteiger partial charge in [0.15, 0.2) is 5.78 Å². The summed E-state index contributed by atoms with van der Waals surface area (Å²) in [5.74, 6) is 0.204. The molecule has 2 aromatic rings. The molecule has 0 radical (unpaired) electrons. The molecule has 0 amide bonds. The Hall–Kier alpha value is -2.02. The molecule has 1 saturated heterocycles. The number of carbonyl (C=O) groups is 1. The van der Waals surface area contributed by atoms with Gasteiger partial charge in [-0.25, -0.2) is 13.1 Å². The minimum atomic E-state index is -3.74. The number of sulfonamides is 1. The molecule has 26 heavy (non-hydrogen) atoms. The summed E-state index contributed by atoms with van der Waals surface area (Å²) >= 11 is 0. The van der Waals surface area contributed by atoms with E-state index in [-0.39, 0.29) is 16.2 Å². The van der Waals surface area contributed by atoms with Gasteiger partial charge in [0.1, 0.15) is 0 Å². The fourth-order valence-corrected chi connectivity index (χ4v) is 4.53. The number of carbonyl (C=O) groups excluding carboxylic acids is 1. The van der Waals surface area contributed by atoms with E-state index >= 15 is 0 Å². The van der Waals surface area contributed by atoms with Crippen molar-refractivity contribution in [3.05, 3.63) is 65.7 Å². The topological polar surface area (TPSA) is 75.3 Å². The number of piperidine rings is 1. The molecule has 0 saturated carbocycles. The quantitative estimate of drug-likeness (QED) is 0.733. The lowest BCUT2D eigenvalue weighted by atomic mass is 9.96. The van der Waals surface area contributed by atoms with E-state index in [0.717, 1.165) is 32.4 Å². The normalized spacial score (nSPS) is 17.8. The predicted octanol–water partition coefficient (Wildman–Crippen LogP) is 2.59. The summed E-state index contributed by atoms with van der Waals surface area (Å²) in [6.07, 6.45) is 3.05. The molecule has 0 bridgehead atoms. The van der Waals surface area contributed by atoms with Gasteiger partial charge >= 0.3 is 0 Å². The molecule has 1 unspecified atom stereocenters. The second kappa shape index (κ2) is 8.58. The van der Waals surface area contributed by atoms with Crippen LogP contribution in [0.4, 0.5) is 0 Å². The average molecular weight is 372 g/mol. The van der Waals surface area contributed by atoms with E-state index in [1.807, 2.05) is 6.07 Å². The van der Waals surface area contributed by atoms with Crippen LogP contribution in [0.2, 0.25) is 0 Å². The highest BCUT2D eigenvalue weighted by Crippen LogP contribution is 2.20. The Balaban J connectivity index is 1.74. The molecule has 0 aromatic heterocycles. The Morgan fingerprint density at radius 3 is 2.54 bits per heavy atom. The van der Waals surface area contributed by atoms with E-state index in [4.69, 9.17) is 0 Å². The fraction of sp³-hybridized carbons (Fsp3) is 0.350. The summed E-state index contributed by atoms with van der Waals surface area (Å²) in [6.45, 7) is 2.35. The minimum Gasteiger partial charge on any atom is -0.316 e. The Bertz CT molecular complexity index is 844. The Labute approximate surface area is 154 Å². The van der Waals surface area contributed by atoms with Crippen molar-refractivity contribution in [3.8, 4) is 0 Å². The lowest BCUT2D eigenvalue weighted by Gasteiger charge is -2.22. The van der Waals surface area contributed by atoms with E-state index < -0.39 is 10.0 Å². The molecule has 6 heteroatoms. The third kappa shape index (κ3) is 4.58. The maximum atomic E-state index is 12.8. The van der Waals surface area contributed by atoms with E-state index in [0.29, 0.717) is 18.0 Å². The molecule has 1 fully saturated rings. The first-order valence-corrected chi connectivity index (χ1v) is 10.5. The molecule has 5 nitrogen and oxygen atoms in total. The average Bonchev–Trinajstić information content (AvgIpc) is 2.69. The summed E-state index contributed by atoms with van der Waals surface area (Å²) in [4.78, 5) is 12.8. The molecule has 2 aromatic carbocycles. The van der Waals surface area contributed by atoms with Crippen LogP contribution < -0.4 is 10.0 Å². The van der Waals surface area contributed by atoms with Gasteiger partial charge in [0, 0.05) is 17.7 Å². The maximum absolute atomic E-state index is 12.8. The second-order valence-corrected chi connectivity index (χ2v) is 8.33. The summed E-state index contributed by atoms with van der Waals surface area (Å²) in [5, 5.41) is 3.33. The fourth-order valence-electron chi connectivity index (χ4n) is 3.28. The highest BCUT2D eigenvalue weighted by molar-refractivity contribution is 7.89. The number of hydrogen-bond donors (Lipinski definition) is 2. The van der Waals surface area contributed by atoms with Crippen molar-refractivity contribution in [3.63, 3.8) is 0 Å². The number of nitrogens with one attached hydrogen (secondary N) is 2. The molecule has 1 heterocycles. The van der Waals surface area contributed by atoms with Gasteiger partial charge in [0.2, 0.25) is 10.0 Å². The smallest absolute Gasteiger partial charge is 0.241 e. The molecule has 3 rings (SSSR count). The van der Waals surface area contributed by atoms with Crippen LogP contribution in [-0.4, -0.2) is 33.8 Å². The monoisotopic (exact) mass is 372 g/mol. The van der Waals surface area contributed by atoms with Crippen molar-refractivity contribution in [1.29, 1.82) is 0 Å². The van der Waals surface area contributed by atoms with Gasteiger partial charge in [-0.2, -0.15) is 0 Å². The van der Waals surface area contributed by atoms with Crippen LogP contribution >= 0.6 is 0 Å². The molecular weight excluding hydrogens is 348 g/mol. The maximum Gasteiger partial charge on any atom is 0.241 e. The Morgan fingerprint density at radius 1 is 1.08 bits per heavy atom. The number of rotatable bonds is 7. The first-order valence-electron chi connectivity index (χ1n) is 8.97. The van der Waals surface area contributed by atoms with Gasteiger partial charge in [0.25, 0.3) is 0 Å². The van der Waals surface area contributed by atoms with Crippen molar-refractivity contribution >= 4 is 15.8 Å². The summed E-state index contributed by atoms with van der Waals surface area (Å²) < 4.78 is 28.2. The molecule has 1 aliphatic rings. The van der Waals surface area contributed by atoms with Crippen LogP contribution in [0.25, 0.3) is 0 Å². The molecule has 138 valence electrons. The largest absolute Gasteiger partial charge is 0.316 e. The lowest BCUT2D eigenvalue weighted by molar-refractivity contribution is 0.103. The van der Waals surface area contributed by atoms with Gasteiger partial charge in [-0.05, 0) is 50.4 Å². The summed E-state index contributed by atoms with van der Waals surface area (Å²) in [7, 11) is -3.74. The van der Waals surface area contributed by atoms with Crippen molar-refractivity contribution in [2.75, 3.05) is 19.6 Å². The van der Waals surface area contributed by atoms with Crippen LogP contribution in [-0.2, 0) is 10.0 Å². The van der Waals surface area contributed by atoms with Crippen LogP contribution in [0.15, 0.2) is 59.5 Å². The Kier molecular flexibility index (Phi) is 6.19. The summed E-state index contributed by atoms with van der Waals surface area (Å²) in [5.41, 5.74) is 0.675. The predicted molar refractivity (Wildman–Crippen MR) is 102 cm³/mol. The van der Waals surface area contributed by atoms with Gasteiger partial charge in [0.05, 0.1) is 4.90 Å². The zero-order valence-corrected chi connectivity index (χ0v) is 15.5. The highest BCUT2D eigenvalue weighted by Gasteiger charge is 2.23. The van der Waals surface area contributed by atoms with Crippen LogP contribution in [0, 0.1) is 5.92 Å². The molecule has 1 aliphatic heterocycles. The first-order chi connectivity index (χ1) is 12.6. The molecule has 0 aliphatic carbocycles. The van der Waals surface area contributed by atoms with Crippen molar-refractivity contribution in [1.82, 2.24) is 10.0 Å². The second-order valence-electron chi connectivity index (χ2n) is 6.59. The zero-order chi connectivity index (χ0) is 18.4. The van der Waals surface area contributed by atoms with E-state index in [9.17, 15) is 13.2 Å². The first kappa shape index (κ1) is 18.8. The number of ketones is 1. The molecule has 2 N–H and O–H groups in total.